The first-order chi connectivity index (χ1) is 13.6. The molecule has 0 aliphatic carbocycles. The van der Waals surface area contributed by atoms with Crippen molar-refractivity contribution in [3.63, 3.8) is 0 Å². The van der Waals surface area contributed by atoms with E-state index in [9.17, 15) is 4.39 Å². The van der Waals surface area contributed by atoms with Crippen LogP contribution in [-0.4, -0.2) is 45.3 Å². The summed E-state index contributed by atoms with van der Waals surface area (Å²) >= 11 is 0. The number of aliphatic imine (C=N–C) groups is 1. The second kappa shape index (κ2) is 9.97. The van der Waals surface area contributed by atoms with Gasteiger partial charge >= 0.3 is 0 Å². The summed E-state index contributed by atoms with van der Waals surface area (Å²) in [6.07, 6.45) is 1.05. The van der Waals surface area contributed by atoms with Crippen LogP contribution in [0.2, 0.25) is 0 Å². The van der Waals surface area contributed by atoms with Crippen molar-refractivity contribution in [2.75, 3.05) is 38.1 Å². The number of hydrogen-bond acceptors (Lipinski definition) is 3. The van der Waals surface area contributed by atoms with Crippen LogP contribution in [0.5, 0.6) is 5.75 Å². The predicted molar refractivity (Wildman–Crippen MR) is 113 cm³/mol. The van der Waals surface area contributed by atoms with Crippen LogP contribution in [0.25, 0.3) is 0 Å². The lowest BCUT2D eigenvalue weighted by molar-refractivity contribution is 0.223. The van der Waals surface area contributed by atoms with E-state index in [1.807, 2.05) is 13.0 Å². The lowest BCUT2D eigenvalue weighted by atomic mass is 10.1. The minimum absolute atomic E-state index is 0.111. The monoisotopic (exact) mass is 384 g/mol. The van der Waals surface area contributed by atoms with Crippen molar-refractivity contribution >= 4 is 11.6 Å². The van der Waals surface area contributed by atoms with Crippen LogP contribution < -0.4 is 20.3 Å². The molecule has 2 aromatic rings. The molecule has 2 unspecified atom stereocenters. The first kappa shape index (κ1) is 20.0. The zero-order chi connectivity index (χ0) is 19.8. The van der Waals surface area contributed by atoms with Gasteiger partial charge in [-0.3, -0.25) is 4.99 Å². The van der Waals surface area contributed by atoms with Gasteiger partial charge in [0.05, 0.1) is 6.54 Å². The van der Waals surface area contributed by atoms with Gasteiger partial charge in [-0.15, -0.1) is 0 Å². The van der Waals surface area contributed by atoms with Gasteiger partial charge in [0.1, 0.15) is 17.7 Å². The number of guanidine groups is 1. The van der Waals surface area contributed by atoms with Gasteiger partial charge in [0.2, 0.25) is 0 Å². The van der Waals surface area contributed by atoms with E-state index in [0.29, 0.717) is 18.2 Å². The van der Waals surface area contributed by atoms with Gasteiger partial charge in [-0.25, -0.2) is 4.39 Å². The fourth-order valence-corrected chi connectivity index (χ4v) is 3.39. The highest BCUT2D eigenvalue weighted by Crippen LogP contribution is 2.22. The van der Waals surface area contributed by atoms with Crippen molar-refractivity contribution in [1.29, 1.82) is 0 Å². The molecule has 2 atom stereocenters. The highest BCUT2D eigenvalue weighted by atomic mass is 19.1. The fraction of sp³-hybridized carbons (Fsp3) is 0.409. The van der Waals surface area contributed by atoms with Crippen LogP contribution in [0.3, 0.4) is 0 Å². The van der Waals surface area contributed by atoms with Gasteiger partial charge in [0, 0.05) is 38.4 Å². The highest BCUT2D eigenvalue weighted by molar-refractivity contribution is 5.79. The summed E-state index contributed by atoms with van der Waals surface area (Å²) in [5, 5.41) is 6.69. The largest absolute Gasteiger partial charge is 0.489 e. The molecule has 0 amide bonds. The molecule has 1 heterocycles. The lowest BCUT2D eigenvalue weighted by Gasteiger charge is -2.20. The normalized spacial score (nSPS) is 18.0. The molecule has 1 aliphatic rings. The Morgan fingerprint density at radius 3 is 2.79 bits per heavy atom. The van der Waals surface area contributed by atoms with Crippen LogP contribution in [0.15, 0.2) is 59.6 Å². The number of benzene rings is 2. The van der Waals surface area contributed by atoms with Crippen molar-refractivity contribution in [2.24, 2.45) is 10.9 Å². The zero-order valence-electron chi connectivity index (χ0n) is 16.6. The van der Waals surface area contributed by atoms with Crippen molar-refractivity contribution in [1.82, 2.24) is 10.6 Å². The van der Waals surface area contributed by atoms with Gasteiger partial charge in [-0.2, -0.15) is 0 Å². The summed E-state index contributed by atoms with van der Waals surface area (Å²) in [5.74, 6) is 1.58. The molecule has 2 N–H and O–H groups in total. The van der Waals surface area contributed by atoms with E-state index < -0.39 is 0 Å². The second-order valence-electron chi connectivity index (χ2n) is 7.16. The standard InChI is InChI=1S/C22H29FN4O/c1-17(28-21-10-6-7-19(23)13-21)14-25-22(24-2)26-15-18-11-12-27(16-18)20-8-4-3-5-9-20/h3-10,13,17-18H,11-12,14-16H2,1-2H3,(H2,24,25,26). The van der Waals surface area contributed by atoms with E-state index >= 15 is 0 Å². The summed E-state index contributed by atoms with van der Waals surface area (Å²) in [6, 6.07) is 16.7. The Morgan fingerprint density at radius 2 is 2.04 bits per heavy atom. The smallest absolute Gasteiger partial charge is 0.191 e. The topological polar surface area (TPSA) is 48.9 Å². The van der Waals surface area contributed by atoms with Crippen molar-refractivity contribution in [2.45, 2.75) is 19.4 Å². The maximum Gasteiger partial charge on any atom is 0.191 e. The third-order valence-electron chi connectivity index (χ3n) is 4.88. The highest BCUT2D eigenvalue weighted by Gasteiger charge is 2.22. The van der Waals surface area contributed by atoms with Gasteiger partial charge in [0.25, 0.3) is 0 Å². The van der Waals surface area contributed by atoms with Gasteiger partial charge < -0.3 is 20.3 Å². The van der Waals surface area contributed by atoms with Gasteiger partial charge in [-0.1, -0.05) is 24.3 Å². The average Bonchev–Trinajstić information content (AvgIpc) is 3.18. The van der Waals surface area contributed by atoms with Crippen LogP contribution >= 0.6 is 0 Å². The average molecular weight is 384 g/mol. The number of para-hydroxylation sites is 1. The summed E-state index contributed by atoms with van der Waals surface area (Å²) < 4.78 is 19.0. The number of rotatable bonds is 7. The predicted octanol–water partition coefficient (Wildman–Crippen LogP) is 3.28. The Hall–Kier alpha value is -2.76. The molecule has 5 nitrogen and oxygen atoms in total. The van der Waals surface area contributed by atoms with Crippen LogP contribution in [-0.2, 0) is 0 Å². The Labute approximate surface area is 166 Å². The summed E-state index contributed by atoms with van der Waals surface area (Å²) in [5.41, 5.74) is 1.29. The number of anilines is 1. The minimum Gasteiger partial charge on any atom is -0.489 e. The van der Waals surface area contributed by atoms with E-state index in [1.165, 1.54) is 17.8 Å². The van der Waals surface area contributed by atoms with Crippen molar-refractivity contribution in [3.8, 4) is 5.75 Å². The van der Waals surface area contributed by atoms with E-state index in [2.05, 4.69) is 44.8 Å². The zero-order valence-corrected chi connectivity index (χ0v) is 16.6. The SMILES string of the molecule is CN=C(NCC1CCN(c2ccccc2)C1)NCC(C)Oc1cccc(F)c1. The molecule has 0 aromatic heterocycles. The maximum absolute atomic E-state index is 13.2. The van der Waals surface area contributed by atoms with Gasteiger partial charge in [-0.05, 0) is 43.5 Å². The molecule has 28 heavy (non-hydrogen) atoms. The van der Waals surface area contributed by atoms with Crippen molar-refractivity contribution in [3.05, 3.63) is 60.4 Å². The number of nitrogens with zero attached hydrogens (tertiary/aromatic N) is 2. The number of nitrogens with one attached hydrogen (secondary N) is 2. The first-order valence-corrected chi connectivity index (χ1v) is 9.81. The molecule has 150 valence electrons. The molecular formula is C22H29FN4O. The summed E-state index contributed by atoms with van der Waals surface area (Å²) in [4.78, 5) is 6.71. The van der Waals surface area contributed by atoms with Gasteiger partial charge in [0.15, 0.2) is 5.96 Å². The van der Waals surface area contributed by atoms with E-state index in [-0.39, 0.29) is 11.9 Å². The Bertz CT molecular complexity index is 768. The van der Waals surface area contributed by atoms with Crippen LogP contribution in [0.1, 0.15) is 13.3 Å². The molecule has 0 saturated carbocycles. The third kappa shape index (κ3) is 5.87. The molecule has 0 radical (unpaired) electrons. The van der Waals surface area contributed by atoms with Crippen LogP contribution in [0, 0.1) is 11.7 Å². The minimum atomic E-state index is -0.295. The number of halogens is 1. The molecule has 0 spiro atoms. The quantitative estimate of drug-likeness (QED) is 0.568. The van der Waals surface area contributed by atoms with E-state index in [1.54, 1.807) is 19.2 Å². The molecule has 2 aromatic carbocycles. The Balaban J connectivity index is 1.39. The summed E-state index contributed by atoms with van der Waals surface area (Å²) in [7, 11) is 1.76. The second-order valence-corrected chi connectivity index (χ2v) is 7.16. The molecule has 1 aliphatic heterocycles. The Kier molecular flexibility index (Phi) is 7.12. The van der Waals surface area contributed by atoms with Crippen LogP contribution in [0.4, 0.5) is 10.1 Å². The molecular weight excluding hydrogens is 355 g/mol. The number of hydrogen-bond donors (Lipinski definition) is 2. The maximum atomic E-state index is 13.2. The molecule has 1 saturated heterocycles. The van der Waals surface area contributed by atoms with E-state index in [4.69, 9.17) is 4.74 Å². The van der Waals surface area contributed by atoms with E-state index in [0.717, 1.165) is 32.0 Å². The summed E-state index contributed by atoms with van der Waals surface area (Å²) in [6.45, 7) is 5.53. The molecule has 1 fully saturated rings. The molecule has 6 heteroatoms. The third-order valence-corrected chi connectivity index (χ3v) is 4.88. The Morgan fingerprint density at radius 1 is 1.21 bits per heavy atom. The molecule has 0 bridgehead atoms. The number of ether oxygens (including phenoxy) is 1. The first-order valence-electron chi connectivity index (χ1n) is 9.81. The molecule has 3 rings (SSSR count). The fourth-order valence-electron chi connectivity index (χ4n) is 3.39. The lowest BCUT2D eigenvalue weighted by Crippen LogP contribution is -2.43. The van der Waals surface area contributed by atoms with Crippen molar-refractivity contribution < 1.29 is 9.13 Å².